The van der Waals surface area contributed by atoms with Gasteiger partial charge in [0.2, 0.25) is 5.91 Å². The van der Waals surface area contributed by atoms with Gasteiger partial charge in [0.1, 0.15) is 12.4 Å². The minimum atomic E-state index is -0.533. The summed E-state index contributed by atoms with van der Waals surface area (Å²) in [6.45, 7) is 0.282. The van der Waals surface area contributed by atoms with Crippen molar-refractivity contribution in [3.05, 3.63) is 106 Å². The maximum absolute atomic E-state index is 13.0. The van der Waals surface area contributed by atoms with Crippen molar-refractivity contribution in [1.82, 2.24) is 24.8 Å². The van der Waals surface area contributed by atoms with Gasteiger partial charge in [-0.1, -0.05) is 42.5 Å². The van der Waals surface area contributed by atoms with Crippen LogP contribution in [0.5, 0.6) is 0 Å². The third-order valence-electron chi connectivity index (χ3n) is 4.83. The topological polar surface area (TPSA) is 97.5 Å². The molecule has 0 atom stereocenters. The zero-order chi connectivity index (χ0) is 22.5. The Morgan fingerprint density at radius 1 is 0.875 bits per heavy atom. The standard InChI is InChI=1S/C23H20FN5O3/c24-19-9-6-17(7-10-19)12-25-21(30)15-29-23(32)28-14-18(8-11-20(28)27-29)22(31)26-13-16-4-2-1-3-5-16/h1-11,14H,12-13,15H2,(H,25,30)(H,26,31). The van der Waals surface area contributed by atoms with E-state index in [2.05, 4.69) is 15.7 Å². The SMILES string of the molecule is O=C(Cn1nc2ccc(C(=O)NCc3ccccc3)cn2c1=O)NCc1ccc(F)cc1. The number of amides is 2. The van der Waals surface area contributed by atoms with Crippen molar-refractivity contribution in [2.75, 3.05) is 0 Å². The molecule has 0 spiro atoms. The molecule has 4 aromatic rings. The molecule has 0 fully saturated rings. The van der Waals surface area contributed by atoms with Crippen LogP contribution in [0.2, 0.25) is 0 Å². The van der Waals surface area contributed by atoms with Crippen molar-refractivity contribution < 1.29 is 14.0 Å². The summed E-state index contributed by atoms with van der Waals surface area (Å²) in [5.41, 5.74) is 1.78. The van der Waals surface area contributed by atoms with Gasteiger partial charge < -0.3 is 10.6 Å². The number of carbonyl (C=O) groups excluding carboxylic acids is 2. The van der Waals surface area contributed by atoms with Crippen LogP contribution < -0.4 is 16.3 Å². The van der Waals surface area contributed by atoms with Crippen LogP contribution in [-0.2, 0) is 24.4 Å². The quantitative estimate of drug-likeness (QED) is 0.465. The molecule has 4 rings (SSSR count). The lowest BCUT2D eigenvalue weighted by molar-refractivity contribution is -0.122. The van der Waals surface area contributed by atoms with E-state index in [0.29, 0.717) is 17.8 Å². The number of pyridine rings is 1. The van der Waals surface area contributed by atoms with Crippen molar-refractivity contribution in [2.45, 2.75) is 19.6 Å². The Labute approximate surface area is 182 Å². The highest BCUT2D eigenvalue weighted by Crippen LogP contribution is 2.05. The summed E-state index contributed by atoms with van der Waals surface area (Å²) in [4.78, 5) is 37.3. The molecule has 2 aromatic carbocycles. The lowest BCUT2D eigenvalue weighted by atomic mass is 10.2. The highest BCUT2D eigenvalue weighted by molar-refractivity contribution is 5.94. The third-order valence-corrected chi connectivity index (χ3v) is 4.83. The lowest BCUT2D eigenvalue weighted by Gasteiger charge is -2.05. The van der Waals surface area contributed by atoms with Crippen molar-refractivity contribution in [3.63, 3.8) is 0 Å². The van der Waals surface area contributed by atoms with E-state index in [0.717, 1.165) is 15.8 Å². The molecule has 0 aliphatic rings. The van der Waals surface area contributed by atoms with E-state index in [-0.39, 0.29) is 24.8 Å². The normalized spacial score (nSPS) is 10.8. The molecule has 2 amide bonds. The number of carbonyl (C=O) groups is 2. The van der Waals surface area contributed by atoms with Crippen LogP contribution >= 0.6 is 0 Å². The maximum atomic E-state index is 13.0. The Morgan fingerprint density at radius 3 is 2.31 bits per heavy atom. The number of nitrogens with zero attached hydrogens (tertiary/aromatic N) is 3. The largest absolute Gasteiger partial charge is 0.350 e. The molecular weight excluding hydrogens is 413 g/mol. The summed E-state index contributed by atoms with van der Waals surface area (Å²) < 4.78 is 15.2. The number of aromatic nitrogens is 3. The lowest BCUT2D eigenvalue weighted by Crippen LogP contribution is -2.32. The molecule has 0 saturated carbocycles. The molecule has 0 radical (unpaired) electrons. The number of fused-ring (bicyclic) bond motifs is 1. The van der Waals surface area contributed by atoms with E-state index in [4.69, 9.17) is 0 Å². The summed E-state index contributed by atoms with van der Waals surface area (Å²) in [6, 6.07) is 18.3. The van der Waals surface area contributed by atoms with E-state index in [1.165, 1.54) is 22.7 Å². The van der Waals surface area contributed by atoms with Gasteiger partial charge in [0.15, 0.2) is 5.65 Å². The second-order valence-corrected chi connectivity index (χ2v) is 7.16. The van der Waals surface area contributed by atoms with Crippen LogP contribution in [0.3, 0.4) is 0 Å². The van der Waals surface area contributed by atoms with Gasteiger partial charge in [-0.05, 0) is 35.4 Å². The molecule has 32 heavy (non-hydrogen) atoms. The summed E-state index contributed by atoms with van der Waals surface area (Å²) in [7, 11) is 0. The Bertz CT molecular complexity index is 1310. The van der Waals surface area contributed by atoms with Crippen LogP contribution in [0.1, 0.15) is 21.5 Å². The minimum Gasteiger partial charge on any atom is -0.350 e. The van der Waals surface area contributed by atoms with Crippen molar-refractivity contribution in [2.24, 2.45) is 0 Å². The molecule has 0 saturated heterocycles. The first kappa shape index (κ1) is 21.0. The number of hydrogen-bond donors (Lipinski definition) is 2. The smallest absolute Gasteiger partial charge is 0.350 e. The Morgan fingerprint density at radius 2 is 1.56 bits per heavy atom. The van der Waals surface area contributed by atoms with Gasteiger partial charge in [-0.2, -0.15) is 0 Å². The Kier molecular flexibility index (Phi) is 6.07. The van der Waals surface area contributed by atoms with Crippen molar-refractivity contribution in [1.29, 1.82) is 0 Å². The van der Waals surface area contributed by atoms with Gasteiger partial charge >= 0.3 is 5.69 Å². The van der Waals surface area contributed by atoms with Crippen LogP contribution in [0.15, 0.2) is 77.7 Å². The van der Waals surface area contributed by atoms with Crippen molar-refractivity contribution in [3.8, 4) is 0 Å². The maximum Gasteiger partial charge on any atom is 0.350 e. The van der Waals surface area contributed by atoms with E-state index in [9.17, 15) is 18.8 Å². The molecule has 0 aliphatic heterocycles. The zero-order valence-electron chi connectivity index (χ0n) is 17.0. The van der Waals surface area contributed by atoms with Crippen LogP contribution in [0.25, 0.3) is 5.65 Å². The molecule has 2 heterocycles. The minimum absolute atomic E-state index is 0.201. The molecule has 0 bridgehead atoms. The Balaban J connectivity index is 1.41. The summed E-state index contributed by atoms with van der Waals surface area (Å²) >= 11 is 0. The first-order chi connectivity index (χ1) is 15.5. The van der Waals surface area contributed by atoms with Crippen molar-refractivity contribution >= 4 is 17.5 Å². The van der Waals surface area contributed by atoms with Gasteiger partial charge in [0.05, 0.1) is 5.56 Å². The summed E-state index contributed by atoms with van der Waals surface area (Å²) in [5, 5.41) is 9.61. The fraction of sp³-hybridized carbons (Fsp3) is 0.130. The number of hydrogen-bond acceptors (Lipinski definition) is 4. The van der Waals surface area contributed by atoms with Gasteiger partial charge in [-0.3, -0.25) is 9.59 Å². The van der Waals surface area contributed by atoms with Gasteiger partial charge in [-0.25, -0.2) is 18.3 Å². The average Bonchev–Trinajstić information content (AvgIpc) is 3.12. The zero-order valence-corrected chi connectivity index (χ0v) is 17.0. The van der Waals surface area contributed by atoms with Gasteiger partial charge in [-0.15, -0.1) is 5.10 Å². The molecule has 0 unspecified atom stereocenters. The molecule has 9 heteroatoms. The summed E-state index contributed by atoms with van der Waals surface area (Å²) in [6.07, 6.45) is 1.40. The first-order valence-corrected chi connectivity index (χ1v) is 9.92. The third kappa shape index (κ3) is 4.89. The monoisotopic (exact) mass is 433 g/mol. The molecule has 2 N–H and O–H groups in total. The second kappa shape index (κ2) is 9.25. The van der Waals surface area contributed by atoms with E-state index >= 15 is 0 Å². The highest BCUT2D eigenvalue weighted by Gasteiger charge is 2.13. The number of halogens is 1. The fourth-order valence-corrected chi connectivity index (χ4v) is 3.13. The number of benzene rings is 2. The van der Waals surface area contributed by atoms with Crippen LogP contribution in [0, 0.1) is 5.82 Å². The first-order valence-electron chi connectivity index (χ1n) is 9.92. The molecule has 162 valence electrons. The molecule has 0 aliphatic carbocycles. The van der Waals surface area contributed by atoms with Gasteiger partial charge in [0.25, 0.3) is 5.91 Å². The van der Waals surface area contributed by atoms with Gasteiger partial charge in [0, 0.05) is 19.3 Å². The Hall–Kier alpha value is -4.27. The van der Waals surface area contributed by atoms with Crippen LogP contribution in [0.4, 0.5) is 4.39 Å². The number of nitrogens with one attached hydrogen (secondary N) is 2. The predicted molar refractivity (Wildman–Crippen MR) is 115 cm³/mol. The van der Waals surface area contributed by atoms with E-state index in [1.807, 2.05) is 30.3 Å². The predicted octanol–water partition coefficient (Wildman–Crippen LogP) is 1.88. The second-order valence-electron chi connectivity index (χ2n) is 7.16. The number of rotatable bonds is 7. The molecule has 8 nitrogen and oxygen atoms in total. The van der Waals surface area contributed by atoms with E-state index in [1.54, 1.807) is 24.3 Å². The highest BCUT2D eigenvalue weighted by atomic mass is 19.1. The molecular formula is C23H20FN5O3. The average molecular weight is 433 g/mol. The van der Waals surface area contributed by atoms with Crippen LogP contribution in [-0.4, -0.2) is 26.0 Å². The van der Waals surface area contributed by atoms with E-state index < -0.39 is 11.6 Å². The molecule has 2 aromatic heterocycles. The fourth-order valence-electron chi connectivity index (χ4n) is 3.13. The summed E-state index contributed by atoms with van der Waals surface area (Å²) in [5.74, 6) is -1.10.